The van der Waals surface area contributed by atoms with Gasteiger partial charge in [0.25, 0.3) is 0 Å². The van der Waals surface area contributed by atoms with E-state index in [4.69, 9.17) is 9.47 Å². The molecule has 0 atom stereocenters. The molecule has 2 rings (SSSR count). The van der Waals surface area contributed by atoms with Gasteiger partial charge >= 0.3 is 0 Å². The molecule has 0 fully saturated rings. The van der Waals surface area contributed by atoms with Crippen LogP contribution in [0.3, 0.4) is 0 Å². The Kier molecular flexibility index (Phi) is 3.60. The molecule has 0 aliphatic carbocycles. The van der Waals surface area contributed by atoms with Gasteiger partial charge in [-0.2, -0.15) is 0 Å². The standard InChI is InChI=1S/C15H20N2O2/c1-6-15(2,3)14-10-7-12(18-4)13(19-5)8-11(10)16-9-17-14/h7-9H,6H2,1-5H3. The van der Waals surface area contributed by atoms with Crippen molar-refractivity contribution in [2.24, 2.45) is 0 Å². The Labute approximate surface area is 113 Å². The largest absolute Gasteiger partial charge is 0.493 e. The normalized spacial score (nSPS) is 11.6. The van der Waals surface area contributed by atoms with Crippen molar-refractivity contribution < 1.29 is 9.47 Å². The van der Waals surface area contributed by atoms with Crippen molar-refractivity contribution in [1.29, 1.82) is 0 Å². The predicted octanol–water partition coefficient (Wildman–Crippen LogP) is 3.33. The summed E-state index contributed by atoms with van der Waals surface area (Å²) in [7, 11) is 3.26. The average molecular weight is 260 g/mol. The lowest BCUT2D eigenvalue weighted by Crippen LogP contribution is -2.18. The van der Waals surface area contributed by atoms with Crippen molar-refractivity contribution in [3.63, 3.8) is 0 Å². The lowest BCUT2D eigenvalue weighted by molar-refractivity contribution is 0.355. The van der Waals surface area contributed by atoms with Gasteiger partial charge in [0.1, 0.15) is 6.33 Å². The smallest absolute Gasteiger partial charge is 0.162 e. The molecule has 4 nitrogen and oxygen atoms in total. The highest BCUT2D eigenvalue weighted by Crippen LogP contribution is 2.36. The van der Waals surface area contributed by atoms with E-state index in [1.165, 1.54) is 0 Å². The minimum atomic E-state index is 0.000784. The van der Waals surface area contributed by atoms with Crippen molar-refractivity contribution in [3.05, 3.63) is 24.2 Å². The summed E-state index contributed by atoms with van der Waals surface area (Å²) in [6.07, 6.45) is 2.62. The third-order valence-electron chi connectivity index (χ3n) is 3.67. The van der Waals surface area contributed by atoms with Gasteiger partial charge in [-0.15, -0.1) is 0 Å². The van der Waals surface area contributed by atoms with Gasteiger partial charge < -0.3 is 9.47 Å². The van der Waals surface area contributed by atoms with Crippen LogP contribution in [0.1, 0.15) is 32.9 Å². The first-order valence-corrected chi connectivity index (χ1v) is 6.40. The Balaban J connectivity index is 2.74. The molecule has 2 aromatic rings. The molecule has 0 aliphatic rings. The van der Waals surface area contributed by atoms with E-state index in [0.29, 0.717) is 11.5 Å². The molecule has 0 N–H and O–H groups in total. The Bertz CT molecular complexity index is 594. The summed E-state index contributed by atoms with van der Waals surface area (Å²) in [4.78, 5) is 8.80. The Hall–Kier alpha value is -1.84. The van der Waals surface area contributed by atoms with E-state index in [2.05, 4.69) is 30.7 Å². The third-order valence-corrected chi connectivity index (χ3v) is 3.67. The van der Waals surface area contributed by atoms with Crippen LogP contribution in [0, 0.1) is 0 Å². The highest BCUT2D eigenvalue weighted by atomic mass is 16.5. The number of ether oxygens (including phenoxy) is 2. The van der Waals surface area contributed by atoms with Crippen molar-refractivity contribution >= 4 is 10.9 Å². The molecule has 0 aliphatic heterocycles. The molecule has 102 valence electrons. The average Bonchev–Trinajstić information content (AvgIpc) is 2.44. The van der Waals surface area contributed by atoms with Gasteiger partial charge in [-0.1, -0.05) is 20.8 Å². The first kappa shape index (κ1) is 13.6. The Morgan fingerprint density at radius 2 is 1.68 bits per heavy atom. The van der Waals surface area contributed by atoms with Gasteiger partial charge in [0, 0.05) is 16.9 Å². The number of methoxy groups -OCH3 is 2. The van der Waals surface area contributed by atoms with Crippen molar-refractivity contribution in [2.45, 2.75) is 32.6 Å². The molecule has 1 aromatic carbocycles. The maximum atomic E-state index is 5.37. The summed E-state index contributed by atoms with van der Waals surface area (Å²) in [6, 6.07) is 3.85. The summed E-state index contributed by atoms with van der Waals surface area (Å²) < 4.78 is 10.7. The molecule has 0 amide bonds. The molecule has 0 unspecified atom stereocenters. The van der Waals surface area contributed by atoms with Crippen molar-refractivity contribution in [3.8, 4) is 11.5 Å². The molecule has 0 spiro atoms. The quantitative estimate of drug-likeness (QED) is 0.845. The van der Waals surface area contributed by atoms with Gasteiger partial charge in [0.2, 0.25) is 0 Å². The molecule has 0 bridgehead atoms. The maximum absolute atomic E-state index is 5.37. The molecule has 19 heavy (non-hydrogen) atoms. The van der Waals surface area contributed by atoms with E-state index >= 15 is 0 Å². The zero-order valence-corrected chi connectivity index (χ0v) is 12.2. The summed E-state index contributed by atoms with van der Waals surface area (Å²) in [5.74, 6) is 1.40. The third kappa shape index (κ3) is 2.35. The maximum Gasteiger partial charge on any atom is 0.162 e. The van der Waals surface area contributed by atoms with Crippen LogP contribution >= 0.6 is 0 Å². The van der Waals surface area contributed by atoms with Crippen LogP contribution < -0.4 is 9.47 Å². The summed E-state index contributed by atoms with van der Waals surface area (Å²) in [5.41, 5.74) is 1.92. The lowest BCUT2D eigenvalue weighted by Gasteiger charge is -2.23. The van der Waals surface area contributed by atoms with E-state index in [-0.39, 0.29) is 5.41 Å². The second-order valence-electron chi connectivity index (χ2n) is 5.18. The molecule has 0 radical (unpaired) electrons. The summed E-state index contributed by atoms with van der Waals surface area (Å²) in [6.45, 7) is 6.53. The van der Waals surface area contributed by atoms with Gasteiger partial charge in [-0.25, -0.2) is 9.97 Å². The van der Waals surface area contributed by atoms with Crippen LogP contribution in [0.2, 0.25) is 0 Å². The van der Waals surface area contributed by atoms with Crippen LogP contribution in [0.25, 0.3) is 10.9 Å². The van der Waals surface area contributed by atoms with E-state index in [9.17, 15) is 0 Å². The van der Waals surface area contributed by atoms with Gasteiger partial charge in [0.15, 0.2) is 11.5 Å². The minimum Gasteiger partial charge on any atom is -0.493 e. The summed E-state index contributed by atoms with van der Waals surface area (Å²) in [5, 5.41) is 1.02. The molecule has 4 heteroatoms. The number of nitrogens with zero attached hydrogens (tertiary/aromatic N) is 2. The SMILES string of the molecule is CCC(C)(C)c1ncnc2cc(OC)c(OC)cc12. The lowest BCUT2D eigenvalue weighted by atomic mass is 9.84. The van der Waals surface area contributed by atoms with Crippen LogP contribution in [-0.2, 0) is 5.41 Å². The molecule has 1 heterocycles. The highest BCUT2D eigenvalue weighted by molar-refractivity contribution is 5.85. The Morgan fingerprint density at radius 3 is 2.26 bits per heavy atom. The van der Waals surface area contributed by atoms with Crippen molar-refractivity contribution in [2.75, 3.05) is 14.2 Å². The zero-order chi connectivity index (χ0) is 14.0. The Morgan fingerprint density at radius 1 is 1.05 bits per heavy atom. The first-order chi connectivity index (χ1) is 9.03. The van der Waals surface area contributed by atoms with Crippen LogP contribution in [0.4, 0.5) is 0 Å². The molecule has 0 saturated carbocycles. The van der Waals surface area contributed by atoms with Crippen LogP contribution in [0.15, 0.2) is 18.5 Å². The number of fused-ring (bicyclic) bond motifs is 1. The number of rotatable bonds is 4. The zero-order valence-electron chi connectivity index (χ0n) is 12.2. The summed E-state index contributed by atoms with van der Waals surface area (Å²) >= 11 is 0. The fourth-order valence-corrected chi connectivity index (χ4v) is 2.09. The van der Waals surface area contributed by atoms with Gasteiger partial charge in [-0.05, 0) is 12.5 Å². The fourth-order valence-electron chi connectivity index (χ4n) is 2.09. The molecular formula is C15H20N2O2. The number of hydrogen-bond donors (Lipinski definition) is 0. The topological polar surface area (TPSA) is 44.2 Å². The minimum absolute atomic E-state index is 0.000784. The van der Waals surface area contributed by atoms with Crippen molar-refractivity contribution in [1.82, 2.24) is 9.97 Å². The van der Waals surface area contributed by atoms with Crippen LogP contribution in [0.5, 0.6) is 11.5 Å². The van der Waals surface area contributed by atoms with Crippen LogP contribution in [-0.4, -0.2) is 24.2 Å². The molecular weight excluding hydrogens is 240 g/mol. The van der Waals surface area contributed by atoms with Gasteiger partial charge in [0.05, 0.1) is 25.4 Å². The molecule has 0 saturated heterocycles. The predicted molar refractivity (Wildman–Crippen MR) is 76.0 cm³/mol. The van der Waals surface area contributed by atoms with E-state index in [1.807, 2.05) is 12.1 Å². The van der Waals surface area contributed by atoms with E-state index in [0.717, 1.165) is 23.0 Å². The first-order valence-electron chi connectivity index (χ1n) is 6.40. The van der Waals surface area contributed by atoms with E-state index in [1.54, 1.807) is 20.5 Å². The highest BCUT2D eigenvalue weighted by Gasteiger charge is 2.23. The second-order valence-corrected chi connectivity index (χ2v) is 5.18. The molecule has 1 aromatic heterocycles. The monoisotopic (exact) mass is 260 g/mol. The second kappa shape index (κ2) is 5.03. The van der Waals surface area contributed by atoms with E-state index < -0.39 is 0 Å². The number of aromatic nitrogens is 2. The van der Waals surface area contributed by atoms with Gasteiger partial charge in [-0.3, -0.25) is 0 Å². The number of hydrogen-bond acceptors (Lipinski definition) is 4. The fraction of sp³-hybridized carbons (Fsp3) is 0.467. The number of benzene rings is 1.